The number of fused-ring (bicyclic) bond motifs is 1. The number of carbonyl (C=O) groups excluding carboxylic acids is 1. The summed E-state index contributed by atoms with van der Waals surface area (Å²) in [4.78, 5) is 11.5. The Kier molecular flexibility index (Phi) is 2.77. The van der Waals surface area contributed by atoms with Crippen LogP contribution in [0, 0.1) is 18.3 Å². The minimum Gasteiger partial charge on any atom is -0.451 e. The third-order valence-corrected chi connectivity index (χ3v) is 3.81. The molecule has 5 nitrogen and oxygen atoms in total. The van der Waals surface area contributed by atoms with Crippen molar-refractivity contribution in [2.75, 3.05) is 0 Å². The quantitative estimate of drug-likeness (QED) is 0.797. The van der Waals surface area contributed by atoms with Gasteiger partial charge in [-0.3, -0.25) is 0 Å². The highest BCUT2D eigenvalue weighted by Crippen LogP contribution is 2.47. The lowest BCUT2D eigenvalue weighted by Gasteiger charge is -2.35. The van der Waals surface area contributed by atoms with E-state index in [0.717, 1.165) is 11.1 Å². The van der Waals surface area contributed by atoms with Gasteiger partial charge in [-0.25, -0.2) is 4.79 Å². The summed E-state index contributed by atoms with van der Waals surface area (Å²) in [5, 5.41) is 9.43. The monoisotopic (exact) mass is 282 g/mol. The van der Waals surface area contributed by atoms with Gasteiger partial charge in [-0.2, -0.15) is 5.26 Å². The maximum absolute atomic E-state index is 11.5. The summed E-state index contributed by atoms with van der Waals surface area (Å²) in [6, 6.07) is 7.72. The Balaban J connectivity index is 2.21. The van der Waals surface area contributed by atoms with Crippen molar-refractivity contribution in [3.63, 3.8) is 0 Å². The van der Waals surface area contributed by atoms with Crippen molar-refractivity contribution in [3.05, 3.63) is 52.9 Å². The third kappa shape index (κ3) is 1.96. The van der Waals surface area contributed by atoms with Crippen molar-refractivity contribution in [1.82, 2.24) is 0 Å². The fraction of sp³-hybridized carbons (Fsp3) is 0.250. The number of hydrogen-bond acceptors (Lipinski definition) is 5. The van der Waals surface area contributed by atoms with E-state index in [4.69, 9.17) is 15.2 Å². The lowest BCUT2D eigenvalue weighted by Crippen LogP contribution is -2.37. The van der Waals surface area contributed by atoms with E-state index in [-0.39, 0.29) is 11.5 Å². The molecule has 2 aliphatic heterocycles. The standard InChI is InChI=1S/C16H14N2O3/c1-9-3-4-12-10(7-9)14(11(8-17)15(18)20-12)16(2)6-5-13(19)21-16/h3-7,14H,18H2,1-2H3/t14-,16-/m0/s1. The molecule has 21 heavy (non-hydrogen) atoms. The zero-order chi connectivity index (χ0) is 15.2. The summed E-state index contributed by atoms with van der Waals surface area (Å²) in [5.41, 5.74) is 7.01. The third-order valence-electron chi connectivity index (χ3n) is 3.81. The number of esters is 1. The highest BCUT2D eigenvalue weighted by atomic mass is 16.6. The van der Waals surface area contributed by atoms with Crippen LogP contribution in [0.3, 0.4) is 0 Å². The van der Waals surface area contributed by atoms with Crippen molar-refractivity contribution in [2.45, 2.75) is 25.4 Å². The van der Waals surface area contributed by atoms with Crippen LogP contribution in [0.4, 0.5) is 0 Å². The van der Waals surface area contributed by atoms with Gasteiger partial charge in [0.2, 0.25) is 5.88 Å². The van der Waals surface area contributed by atoms with E-state index < -0.39 is 17.5 Å². The van der Waals surface area contributed by atoms with Gasteiger partial charge in [-0.05, 0) is 26.0 Å². The number of hydrogen-bond donors (Lipinski definition) is 1. The Labute approximate surface area is 122 Å². The topological polar surface area (TPSA) is 85.3 Å². The molecule has 0 bridgehead atoms. The minimum atomic E-state index is -0.945. The van der Waals surface area contributed by atoms with E-state index in [2.05, 4.69) is 6.07 Å². The van der Waals surface area contributed by atoms with Gasteiger partial charge in [-0.1, -0.05) is 17.7 Å². The minimum absolute atomic E-state index is 0.0522. The fourth-order valence-corrected chi connectivity index (χ4v) is 2.85. The average molecular weight is 282 g/mol. The number of carbonyl (C=O) groups is 1. The summed E-state index contributed by atoms with van der Waals surface area (Å²) in [7, 11) is 0. The van der Waals surface area contributed by atoms with Crippen molar-refractivity contribution >= 4 is 5.97 Å². The second-order valence-corrected chi connectivity index (χ2v) is 5.40. The molecule has 0 aliphatic carbocycles. The maximum atomic E-state index is 11.5. The van der Waals surface area contributed by atoms with Crippen LogP contribution in [-0.2, 0) is 9.53 Å². The summed E-state index contributed by atoms with van der Waals surface area (Å²) >= 11 is 0. The number of rotatable bonds is 1. The smallest absolute Gasteiger partial charge is 0.331 e. The number of aryl methyl sites for hydroxylation is 1. The first-order valence-corrected chi connectivity index (χ1v) is 6.55. The van der Waals surface area contributed by atoms with Crippen molar-refractivity contribution in [1.29, 1.82) is 5.26 Å². The Morgan fingerprint density at radius 2 is 2.19 bits per heavy atom. The zero-order valence-electron chi connectivity index (χ0n) is 11.7. The summed E-state index contributed by atoms with van der Waals surface area (Å²) in [6.45, 7) is 3.71. The first-order chi connectivity index (χ1) is 9.94. The first kappa shape index (κ1) is 13.3. The summed E-state index contributed by atoms with van der Waals surface area (Å²) < 4.78 is 10.9. The molecule has 1 aromatic rings. The highest BCUT2D eigenvalue weighted by molar-refractivity contribution is 5.85. The molecule has 2 atom stereocenters. The molecule has 0 aromatic heterocycles. The van der Waals surface area contributed by atoms with Crippen LogP contribution in [0.15, 0.2) is 41.8 Å². The van der Waals surface area contributed by atoms with Crippen molar-refractivity contribution in [2.24, 2.45) is 5.73 Å². The maximum Gasteiger partial charge on any atom is 0.331 e. The first-order valence-electron chi connectivity index (χ1n) is 6.55. The number of ether oxygens (including phenoxy) is 2. The van der Waals surface area contributed by atoms with Gasteiger partial charge in [0.1, 0.15) is 23.0 Å². The van der Waals surface area contributed by atoms with Crippen LogP contribution in [0.1, 0.15) is 24.0 Å². The molecule has 0 radical (unpaired) electrons. The Bertz CT molecular complexity index is 742. The average Bonchev–Trinajstić information content (AvgIpc) is 2.78. The molecule has 5 heteroatoms. The number of cyclic esters (lactones) is 1. The molecule has 0 unspecified atom stereocenters. The Morgan fingerprint density at radius 1 is 1.43 bits per heavy atom. The number of nitrogens with zero attached hydrogens (tertiary/aromatic N) is 1. The molecule has 0 amide bonds. The summed E-state index contributed by atoms with van der Waals surface area (Å²) in [6.07, 6.45) is 3.04. The zero-order valence-corrected chi connectivity index (χ0v) is 11.7. The lowest BCUT2D eigenvalue weighted by molar-refractivity contribution is -0.145. The van der Waals surface area contributed by atoms with Crippen molar-refractivity contribution < 1.29 is 14.3 Å². The van der Waals surface area contributed by atoms with Gasteiger partial charge in [0.25, 0.3) is 0 Å². The lowest BCUT2D eigenvalue weighted by atomic mass is 9.77. The number of nitriles is 1. The van der Waals surface area contributed by atoms with Crippen LogP contribution >= 0.6 is 0 Å². The molecule has 1 aromatic carbocycles. The van der Waals surface area contributed by atoms with Crippen molar-refractivity contribution in [3.8, 4) is 11.8 Å². The fourth-order valence-electron chi connectivity index (χ4n) is 2.85. The normalized spacial score (nSPS) is 26.9. The molecular weight excluding hydrogens is 268 g/mol. The predicted molar refractivity (Wildman–Crippen MR) is 75.0 cm³/mol. The van der Waals surface area contributed by atoms with E-state index in [9.17, 15) is 10.1 Å². The molecule has 0 fully saturated rings. The Morgan fingerprint density at radius 3 is 2.81 bits per heavy atom. The number of benzene rings is 1. The molecule has 106 valence electrons. The highest BCUT2D eigenvalue weighted by Gasteiger charge is 2.46. The number of nitrogens with two attached hydrogens (primary N) is 1. The van der Waals surface area contributed by atoms with Crippen LogP contribution in [0.2, 0.25) is 0 Å². The van der Waals surface area contributed by atoms with E-state index >= 15 is 0 Å². The molecule has 0 spiro atoms. The van der Waals surface area contributed by atoms with E-state index in [1.54, 1.807) is 13.0 Å². The van der Waals surface area contributed by atoms with Crippen LogP contribution < -0.4 is 10.5 Å². The molecule has 3 rings (SSSR count). The van der Waals surface area contributed by atoms with E-state index in [0.29, 0.717) is 5.75 Å². The molecule has 0 saturated heterocycles. The second kappa shape index (κ2) is 4.38. The second-order valence-electron chi connectivity index (χ2n) is 5.40. The largest absolute Gasteiger partial charge is 0.451 e. The molecule has 2 aliphatic rings. The van der Waals surface area contributed by atoms with E-state index in [1.165, 1.54) is 6.08 Å². The molecule has 2 heterocycles. The van der Waals surface area contributed by atoms with Gasteiger partial charge in [0.05, 0.1) is 5.92 Å². The van der Waals surface area contributed by atoms with Gasteiger partial charge in [-0.15, -0.1) is 0 Å². The molecule has 0 saturated carbocycles. The molecule has 2 N–H and O–H groups in total. The van der Waals surface area contributed by atoms with Gasteiger partial charge >= 0.3 is 5.97 Å². The molecular formula is C16H14N2O3. The van der Waals surface area contributed by atoms with E-state index in [1.807, 2.05) is 25.1 Å². The van der Waals surface area contributed by atoms with Crippen LogP contribution in [0.5, 0.6) is 5.75 Å². The SMILES string of the molecule is Cc1ccc2c(c1)[C@H]([C@]1(C)C=CC(=O)O1)C(C#N)=C(N)O2. The Hall–Kier alpha value is -2.74. The van der Waals surface area contributed by atoms with Crippen LogP contribution in [0.25, 0.3) is 0 Å². The van der Waals surface area contributed by atoms with Crippen LogP contribution in [-0.4, -0.2) is 11.6 Å². The van der Waals surface area contributed by atoms with Gasteiger partial charge in [0, 0.05) is 11.6 Å². The summed E-state index contributed by atoms with van der Waals surface area (Å²) in [5.74, 6) is -0.265. The predicted octanol–water partition coefficient (Wildman–Crippen LogP) is 2.04. The van der Waals surface area contributed by atoms with Gasteiger partial charge < -0.3 is 15.2 Å². The van der Waals surface area contributed by atoms with Gasteiger partial charge in [0.15, 0.2) is 0 Å².